The number of benzene rings is 2. The minimum atomic E-state index is -4.44. The topological polar surface area (TPSA) is 71.3 Å². The number of amides is 2. The zero-order valence-corrected chi connectivity index (χ0v) is 14.4. The number of carbonyl (C=O) groups is 2. The maximum Gasteiger partial charge on any atom is 0.416 e. The van der Waals surface area contributed by atoms with E-state index in [2.05, 4.69) is 10.6 Å². The number of nitrogens with one attached hydrogen (secondary N) is 2. The quantitative estimate of drug-likeness (QED) is 0.677. The van der Waals surface area contributed by atoms with Gasteiger partial charge in [0.1, 0.15) is 0 Å². The molecule has 144 valence electrons. The van der Waals surface area contributed by atoms with Gasteiger partial charge in [0, 0.05) is 17.8 Å². The Balaban J connectivity index is 1.54. The van der Waals surface area contributed by atoms with Crippen molar-refractivity contribution < 1.29 is 27.2 Å². The molecule has 0 radical (unpaired) electrons. The van der Waals surface area contributed by atoms with Gasteiger partial charge in [-0.3, -0.25) is 9.59 Å². The van der Waals surface area contributed by atoms with E-state index in [1.807, 2.05) is 0 Å². The maximum atomic E-state index is 12.5. The first-order valence-corrected chi connectivity index (χ1v) is 8.22. The van der Waals surface area contributed by atoms with E-state index in [4.69, 9.17) is 4.42 Å². The van der Waals surface area contributed by atoms with Crippen LogP contribution in [0, 0.1) is 0 Å². The second-order valence-electron chi connectivity index (χ2n) is 5.89. The van der Waals surface area contributed by atoms with Crippen molar-refractivity contribution in [3.05, 3.63) is 89.4 Å². The molecule has 0 unspecified atom stereocenters. The summed E-state index contributed by atoms with van der Waals surface area (Å²) in [4.78, 5) is 23.9. The highest BCUT2D eigenvalue weighted by molar-refractivity contribution is 6.02. The van der Waals surface area contributed by atoms with Crippen molar-refractivity contribution in [2.45, 2.75) is 12.7 Å². The number of hydrogen-bond acceptors (Lipinski definition) is 3. The Hall–Kier alpha value is -3.55. The number of furan rings is 1. The second kappa shape index (κ2) is 7.99. The van der Waals surface area contributed by atoms with Crippen LogP contribution in [0.4, 0.5) is 18.9 Å². The molecule has 28 heavy (non-hydrogen) atoms. The number of alkyl halides is 3. The Morgan fingerprint density at radius 2 is 1.57 bits per heavy atom. The number of anilines is 1. The molecular formula is C20H15F3N2O3. The molecule has 0 saturated heterocycles. The molecule has 1 heterocycles. The van der Waals surface area contributed by atoms with Gasteiger partial charge in [-0.15, -0.1) is 0 Å². The molecule has 8 heteroatoms. The van der Waals surface area contributed by atoms with Gasteiger partial charge in [0.25, 0.3) is 11.8 Å². The summed E-state index contributed by atoms with van der Waals surface area (Å²) in [6.07, 6.45) is -3.04. The van der Waals surface area contributed by atoms with Crippen LogP contribution in [0.2, 0.25) is 0 Å². The highest BCUT2D eigenvalue weighted by Gasteiger charge is 2.30. The van der Waals surface area contributed by atoms with Gasteiger partial charge >= 0.3 is 6.18 Å². The van der Waals surface area contributed by atoms with Crippen LogP contribution < -0.4 is 10.6 Å². The third-order valence-corrected chi connectivity index (χ3v) is 3.88. The van der Waals surface area contributed by atoms with E-state index in [9.17, 15) is 22.8 Å². The van der Waals surface area contributed by atoms with Crippen LogP contribution in [0.1, 0.15) is 32.0 Å². The summed E-state index contributed by atoms with van der Waals surface area (Å²) in [7, 11) is 0. The minimum absolute atomic E-state index is 0.135. The summed E-state index contributed by atoms with van der Waals surface area (Å²) in [5, 5.41) is 5.30. The lowest BCUT2D eigenvalue weighted by Crippen LogP contribution is -2.23. The van der Waals surface area contributed by atoms with Crippen molar-refractivity contribution in [2.75, 3.05) is 5.32 Å². The lowest BCUT2D eigenvalue weighted by atomic mass is 10.1. The highest BCUT2D eigenvalue weighted by Crippen LogP contribution is 2.29. The minimum Gasteiger partial charge on any atom is -0.459 e. The van der Waals surface area contributed by atoms with Crippen molar-refractivity contribution in [3.8, 4) is 0 Å². The van der Waals surface area contributed by atoms with Crippen LogP contribution in [0.3, 0.4) is 0 Å². The highest BCUT2D eigenvalue weighted by atomic mass is 19.4. The van der Waals surface area contributed by atoms with Crippen LogP contribution in [0.5, 0.6) is 0 Å². The van der Waals surface area contributed by atoms with Gasteiger partial charge in [-0.1, -0.05) is 12.1 Å². The number of rotatable bonds is 5. The van der Waals surface area contributed by atoms with Gasteiger partial charge in [0.2, 0.25) is 0 Å². The summed E-state index contributed by atoms with van der Waals surface area (Å²) in [5.41, 5.74) is 0.641. The van der Waals surface area contributed by atoms with Crippen LogP contribution in [-0.2, 0) is 12.7 Å². The zero-order chi connectivity index (χ0) is 20.1. The van der Waals surface area contributed by atoms with Gasteiger partial charge < -0.3 is 15.1 Å². The molecule has 3 rings (SSSR count). The molecule has 2 N–H and O–H groups in total. The summed E-state index contributed by atoms with van der Waals surface area (Å²) in [6, 6.07) is 13.9. The van der Waals surface area contributed by atoms with E-state index in [0.717, 1.165) is 29.8 Å². The Kier molecular flexibility index (Phi) is 5.49. The Morgan fingerprint density at radius 3 is 2.14 bits per heavy atom. The van der Waals surface area contributed by atoms with Crippen LogP contribution >= 0.6 is 0 Å². The van der Waals surface area contributed by atoms with Gasteiger partial charge in [0.15, 0.2) is 5.76 Å². The van der Waals surface area contributed by atoms with Crippen molar-refractivity contribution in [3.63, 3.8) is 0 Å². The molecule has 2 aromatic carbocycles. The van der Waals surface area contributed by atoms with Crippen molar-refractivity contribution >= 4 is 17.5 Å². The summed E-state index contributed by atoms with van der Waals surface area (Å²) < 4.78 is 42.7. The van der Waals surface area contributed by atoms with Gasteiger partial charge in [-0.2, -0.15) is 13.2 Å². The summed E-state index contributed by atoms with van der Waals surface area (Å²) in [5.74, 6) is -0.676. The number of hydrogen-bond donors (Lipinski definition) is 2. The Bertz CT molecular complexity index is 948. The standard InChI is InChI=1S/C20H15F3N2O3/c21-20(22,23)15-7-5-14(6-8-15)18(26)24-12-13-3-9-16(10-4-13)25-19(27)17-2-1-11-28-17/h1-11H,12H2,(H,24,26)(H,25,27). The molecule has 0 atom stereocenters. The fourth-order valence-corrected chi connectivity index (χ4v) is 2.40. The fraction of sp³-hybridized carbons (Fsp3) is 0.100. The normalized spacial score (nSPS) is 11.1. The van der Waals surface area contributed by atoms with E-state index in [0.29, 0.717) is 5.69 Å². The summed E-state index contributed by atoms with van der Waals surface area (Å²) in [6.45, 7) is 0.187. The van der Waals surface area contributed by atoms with E-state index in [1.54, 1.807) is 36.4 Å². The largest absolute Gasteiger partial charge is 0.459 e. The lowest BCUT2D eigenvalue weighted by Gasteiger charge is -2.09. The third-order valence-electron chi connectivity index (χ3n) is 3.88. The Labute approximate surface area is 158 Å². The molecule has 0 spiro atoms. The molecule has 0 aliphatic rings. The van der Waals surface area contributed by atoms with Crippen LogP contribution in [0.15, 0.2) is 71.3 Å². The van der Waals surface area contributed by atoms with Gasteiger partial charge in [-0.05, 0) is 54.1 Å². The Morgan fingerprint density at radius 1 is 0.893 bits per heavy atom. The monoisotopic (exact) mass is 388 g/mol. The number of halogens is 3. The first kappa shape index (κ1) is 19.2. The molecule has 0 fully saturated rings. The van der Waals surface area contributed by atoms with E-state index in [-0.39, 0.29) is 23.8 Å². The molecule has 0 bridgehead atoms. The maximum absolute atomic E-state index is 12.5. The molecule has 0 saturated carbocycles. The first-order valence-electron chi connectivity index (χ1n) is 8.22. The predicted octanol–water partition coefficient (Wildman–Crippen LogP) is 4.48. The molecule has 3 aromatic rings. The van der Waals surface area contributed by atoms with E-state index in [1.165, 1.54) is 6.26 Å². The molecular weight excluding hydrogens is 373 g/mol. The van der Waals surface area contributed by atoms with Gasteiger partial charge in [0.05, 0.1) is 11.8 Å². The third kappa shape index (κ3) is 4.79. The van der Waals surface area contributed by atoms with Gasteiger partial charge in [-0.25, -0.2) is 0 Å². The predicted molar refractivity (Wildman–Crippen MR) is 95.7 cm³/mol. The van der Waals surface area contributed by atoms with Crippen molar-refractivity contribution in [1.82, 2.24) is 5.32 Å². The van der Waals surface area contributed by atoms with Crippen LogP contribution in [0.25, 0.3) is 0 Å². The molecule has 5 nitrogen and oxygen atoms in total. The molecule has 2 amide bonds. The average molecular weight is 388 g/mol. The second-order valence-corrected chi connectivity index (χ2v) is 5.89. The molecule has 0 aliphatic heterocycles. The molecule has 0 aliphatic carbocycles. The first-order chi connectivity index (χ1) is 13.3. The smallest absolute Gasteiger partial charge is 0.416 e. The van der Waals surface area contributed by atoms with E-state index >= 15 is 0 Å². The zero-order valence-electron chi connectivity index (χ0n) is 14.4. The SMILES string of the molecule is O=C(NCc1ccc(NC(=O)c2ccco2)cc1)c1ccc(C(F)(F)F)cc1. The lowest BCUT2D eigenvalue weighted by molar-refractivity contribution is -0.137. The van der Waals surface area contributed by atoms with Crippen molar-refractivity contribution in [1.29, 1.82) is 0 Å². The molecule has 1 aromatic heterocycles. The average Bonchev–Trinajstić information content (AvgIpc) is 3.21. The number of carbonyl (C=O) groups excluding carboxylic acids is 2. The van der Waals surface area contributed by atoms with Crippen LogP contribution in [-0.4, -0.2) is 11.8 Å². The summed E-state index contributed by atoms with van der Waals surface area (Å²) >= 11 is 0. The fourth-order valence-electron chi connectivity index (χ4n) is 2.40. The van der Waals surface area contributed by atoms with E-state index < -0.39 is 17.6 Å². The van der Waals surface area contributed by atoms with Crippen molar-refractivity contribution in [2.24, 2.45) is 0 Å².